The minimum atomic E-state index is -0.138. The Bertz CT molecular complexity index is 1350. The lowest BCUT2D eigenvalue weighted by molar-refractivity contribution is -0.120. The van der Waals surface area contributed by atoms with Crippen LogP contribution in [0, 0.1) is 19.8 Å². The Hall–Kier alpha value is -3.74. The van der Waals surface area contributed by atoms with Crippen LogP contribution in [-0.4, -0.2) is 41.4 Å². The summed E-state index contributed by atoms with van der Waals surface area (Å²) in [5, 5.41) is 8.97. The van der Waals surface area contributed by atoms with E-state index >= 15 is 0 Å². The third kappa shape index (κ3) is 5.10. The number of amides is 1. The normalized spacial score (nSPS) is 12.2. The molecule has 2 aromatic carbocycles. The van der Waals surface area contributed by atoms with Gasteiger partial charge in [-0.2, -0.15) is 5.10 Å². The second-order valence-electron chi connectivity index (χ2n) is 9.63. The summed E-state index contributed by atoms with van der Waals surface area (Å²) in [5.41, 5.74) is 6.06. The Morgan fingerprint density at radius 2 is 1.83 bits per heavy atom. The van der Waals surface area contributed by atoms with E-state index in [1.807, 2.05) is 55.1 Å². The summed E-state index contributed by atoms with van der Waals surface area (Å²) in [7, 11) is 3.28. The molecule has 1 amide bonds. The van der Waals surface area contributed by atoms with Crippen molar-refractivity contribution in [3.63, 3.8) is 0 Å². The predicted octanol–water partition coefficient (Wildman–Crippen LogP) is 5.15. The van der Waals surface area contributed by atoms with Gasteiger partial charge >= 0.3 is 0 Å². The Morgan fingerprint density at radius 3 is 2.56 bits per heavy atom. The van der Waals surface area contributed by atoms with Crippen LogP contribution in [0.15, 0.2) is 48.7 Å². The van der Waals surface area contributed by atoms with Gasteiger partial charge in [0.25, 0.3) is 0 Å². The maximum absolute atomic E-state index is 13.2. The van der Waals surface area contributed by atoms with Gasteiger partial charge in [0.15, 0.2) is 11.5 Å². The first-order valence-electron chi connectivity index (χ1n) is 12.4. The first-order valence-corrected chi connectivity index (χ1v) is 12.4. The van der Waals surface area contributed by atoms with Gasteiger partial charge in [0.2, 0.25) is 5.91 Å². The molecule has 4 aromatic rings. The topological polar surface area (TPSA) is 81.2 Å². The second kappa shape index (κ2) is 10.9. The highest BCUT2D eigenvalue weighted by Crippen LogP contribution is 2.40. The first-order chi connectivity index (χ1) is 17.3. The molecular weight excluding hydrogens is 452 g/mol. The highest BCUT2D eigenvalue weighted by Gasteiger charge is 2.25. The standard InChI is InChI=1S/C29H36N4O3/c1-18(2)17-33-20(4)23(19(3)32-33)14-28(34)31-16-25(22-11-9-13-27(35-5)29(22)36-6)24-15-30-26-12-8-7-10-21(24)26/h7-13,15,18,25,30H,14,16-17H2,1-6H3,(H,31,34). The number of aromatic amines is 1. The van der Waals surface area contributed by atoms with E-state index in [0.717, 1.165) is 45.5 Å². The summed E-state index contributed by atoms with van der Waals surface area (Å²) in [5.74, 6) is 1.65. The van der Waals surface area contributed by atoms with Gasteiger partial charge in [-0.15, -0.1) is 0 Å². The molecule has 0 saturated heterocycles. The third-order valence-electron chi connectivity index (χ3n) is 6.72. The van der Waals surface area contributed by atoms with Crippen molar-refractivity contribution < 1.29 is 14.3 Å². The molecule has 1 unspecified atom stereocenters. The van der Waals surface area contributed by atoms with Gasteiger partial charge in [0.1, 0.15) is 0 Å². The molecule has 7 nitrogen and oxygen atoms in total. The summed E-state index contributed by atoms with van der Waals surface area (Å²) in [4.78, 5) is 16.6. The van der Waals surface area contributed by atoms with E-state index < -0.39 is 0 Å². The Kier molecular flexibility index (Phi) is 7.67. The largest absolute Gasteiger partial charge is 0.493 e. The number of methoxy groups -OCH3 is 2. The van der Waals surface area contributed by atoms with Crippen LogP contribution in [0.4, 0.5) is 0 Å². The number of H-pyrrole nitrogens is 1. The third-order valence-corrected chi connectivity index (χ3v) is 6.72. The van der Waals surface area contributed by atoms with Crippen LogP contribution in [0.3, 0.4) is 0 Å². The number of benzene rings is 2. The van der Waals surface area contributed by atoms with Crippen molar-refractivity contribution >= 4 is 16.8 Å². The molecule has 0 radical (unpaired) electrons. The van der Waals surface area contributed by atoms with Crippen LogP contribution in [0.1, 0.15) is 47.8 Å². The molecule has 0 spiro atoms. The zero-order chi connectivity index (χ0) is 25.8. The van der Waals surface area contributed by atoms with Crippen LogP contribution in [0.2, 0.25) is 0 Å². The smallest absolute Gasteiger partial charge is 0.224 e. The second-order valence-corrected chi connectivity index (χ2v) is 9.63. The van der Waals surface area contributed by atoms with E-state index in [0.29, 0.717) is 30.4 Å². The summed E-state index contributed by atoms with van der Waals surface area (Å²) in [6, 6.07) is 14.1. The van der Waals surface area contributed by atoms with Crippen molar-refractivity contribution in [2.24, 2.45) is 5.92 Å². The number of aromatic nitrogens is 3. The van der Waals surface area contributed by atoms with Gasteiger partial charge in [-0.25, -0.2) is 0 Å². The fraction of sp³-hybridized carbons (Fsp3) is 0.379. The first kappa shape index (κ1) is 25.4. The van der Waals surface area contributed by atoms with Crippen molar-refractivity contribution in [1.82, 2.24) is 20.1 Å². The number of para-hydroxylation sites is 2. The van der Waals surface area contributed by atoms with Crippen molar-refractivity contribution in [2.45, 2.75) is 46.6 Å². The lowest BCUT2D eigenvalue weighted by atomic mass is 9.89. The minimum absolute atomic E-state index is 0.0306. The number of hydrogen-bond acceptors (Lipinski definition) is 4. The highest BCUT2D eigenvalue weighted by molar-refractivity contribution is 5.85. The van der Waals surface area contributed by atoms with Gasteiger partial charge in [0, 0.05) is 52.9 Å². The predicted molar refractivity (Wildman–Crippen MR) is 143 cm³/mol. The summed E-state index contributed by atoms with van der Waals surface area (Å²) >= 11 is 0. The van der Waals surface area contributed by atoms with E-state index in [1.54, 1.807) is 14.2 Å². The molecule has 190 valence electrons. The van der Waals surface area contributed by atoms with Crippen LogP contribution in [-0.2, 0) is 17.8 Å². The molecule has 36 heavy (non-hydrogen) atoms. The number of fused-ring (bicyclic) bond motifs is 1. The molecule has 0 fully saturated rings. The van der Waals surface area contributed by atoms with E-state index in [1.165, 1.54) is 0 Å². The Morgan fingerprint density at radius 1 is 1.06 bits per heavy atom. The van der Waals surface area contributed by atoms with Gasteiger partial charge in [-0.1, -0.05) is 44.2 Å². The Labute approximate surface area is 212 Å². The quantitative estimate of drug-likeness (QED) is 0.324. The molecule has 0 aliphatic carbocycles. The monoisotopic (exact) mass is 488 g/mol. The molecule has 2 heterocycles. The molecule has 2 aromatic heterocycles. The maximum atomic E-state index is 13.2. The van der Waals surface area contributed by atoms with Crippen LogP contribution in [0.5, 0.6) is 11.5 Å². The maximum Gasteiger partial charge on any atom is 0.224 e. The average molecular weight is 489 g/mol. The lowest BCUT2D eigenvalue weighted by Gasteiger charge is -2.22. The molecule has 4 rings (SSSR count). The summed E-state index contributed by atoms with van der Waals surface area (Å²) < 4.78 is 13.3. The van der Waals surface area contributed by atoms with Crippen LogP contribution in [0.25, 0.3) is 10.9 Å². The molecule has 0 bridgehead atoms. The number of nitrogens with one attached hydrogen (secondary N) is 2. The number of rotatable bonds is 10. The average Bonchev–Trinajstić information content (AvgIpc) is 3.40. The fourth-order valence-electron chi connectivity index (χ4n) is 4.91. The number of nitrogens with zero attached hydrogens (tertiary/aromatic N) is 2. The summed E-state index contributed by atoms with van der Waals surface area (Å²) in [6.45, 7) is 9.61. The van der Waals surface area contributed by atoms with Gasteiger partial charge in [-0.3, -0.25) is 9.48 Å². The molecule has 0 aliphatic rings. The van der Waals surface area contributed by atoms with Crippen molar-refractivity contribution in [2.75, 3.05) is 20.8 Å². The Balaban J connectivity index is 1.63. The molecule has 1 atom stereocenters. The molecule has 7 heteroatoms. The zero-order valence-electron chi connectivity index (χ0n) is 22.0. The van der Waals surface area contributed by atoms with E-state index in [-0.39, 0.29) is 11.8 Å². The van der Waals surface area contributed by atoms with Gasteiger partial charge < -0.3 is 19.8 Å². The SMILES string of the molecule is COc1cccc(C(CNC(=O)Cc2c(C)nn(CC(C)C)c2C)c2c[nH]c3ccccc23)c1OC. The van der Waals surface area contributed by atoms with Crippen molar-refractivity contribution in [1.29, 1.82) is 0 Å². The van der Waals surface area contributed by atoms with Crippen molar-refractivity contribution in [3.8, 4) is 11.5 Å². The number of aryl methyl sites for hydroxylation is 1. The molecule has 0 saturated carbocycles. The van der Waals surface area contributed by atoms with E-state index in [2.05, 4.69) is 41.4 Å². The summed E-state index contributed by atoms with van der Waals surface area (Å²) in [6.07, 6.45) is 2.32. The van der Waals surface area contributed by atoms with E-state index in [9.17, 15) is 4.79 Å². The van der Waals surface area contributed by atoms with Gasteiger partial charge in [0.05, 0.1) is 26.3 Å². The lowest BCUT2D eigenvalue weighted by Crippen LogP contribution is -2.30. The van der Waals surface area contributed by atoms with Crippen LogP contribution < -0.4 is 14.8 Å². The zero-order valence-corrected chi connectivity index (χ0v) is 22.0. The number of ether oxygens (including phenoxy) is 2. The number of carbonyl (C=O) groups is 1. The molecule has 0 aliphatic heterocycles. The van der Waals surface area contributed by atoms with E-state index in [4.69, 9.17) is 9.47 Å². The van der Waals surface area contributed by atoms with Crippen LogP contribution >= 0.6 is 0 Å². The molecule has 2 N–H and O–H groups in total. The number of carbonyl (C=O) groups excluding carboxylic acids is 1. The fourth-order valence-corrected chi connectivity index (χ4v) is 4.91. The van der Waals surface area contributed by atoms with Crippen molar-refractivity contribution in [3.05, 3.63) is 76.7 Å². The van der Waals surface area contributed by atoms with Gasteiger partial charge in [-0.05, 0) is 37.5 Å². The highest BCUT2D eigenvalue weighted by atomic mass is 16.5. The molecular formula is C29H36N4O3. The minimum Gasteiger partial charge on any atom is -0.493 e. The number of hydrogen-bond donors (Lipinski definition) is 2.